The van der Waals surface area contributed by atoms with Gasteiger partial charge in [-0.3, -0.25) is 0 Å². The Bertz CT molecular complexity index is 269. The standard InChI is InChI=1S/C9H10ClF/c1-3-7-6(2)4-5-8(11)9(7)10/h4-5H,3H2,1-2H3. The van der Waals surface area contributed by atoms with Gasteiger partial charge in [-0.1, -0.05) is 24.6 Å². The van der Waals surface area contributed by atoms with E-state index in [0.29, 0.717) is 0 Å². The molecule has 0 unspecified atom stereocenters. The monoisotopic (exact) mass is 172 g/mol. The third kappa shape index (κ3) is 1.54. The summed E-state index contributed by atoms with van der Waals surface area (Å²) in [6.45, 7) is 3.90. The SMILES string of the molecule is CCc1c(C)ccc(F)c1Cl. The van der Waals surface area contributed by atoms with Gasteiger partial charge in [-0.2, -0.15) is 0 Å². The van der Waals surface area contributed by atoms with E-state index in [4.69, 9.17) is 11.6 Å². The van der Waals surface area contributed by atoms with E-state index in [1.165, 1.54) is 6.07 Å². The highest BCUT2D eigenvalue weighted by atomic mass is 35.5. The van der Waals surface area contributed by atoms with E-state index in [-0.39, 0.29) is 10.8 Å². The smallest absolute Gasteiger partial charge is 0.142 e. The Morgan fingerprint density at radius 1 is 1.45 bits per heavy atom. The number of halogens is 2. The molecule has 60 valence electrons. The van der Waals surface area contributed by atoms with Gasteiger partial charge in [-0.25, -0.2) is 4.39 Å². The van der Waals surface area contributed by atoms with Crippen LogP contribution in [-0.4, -0.2) is 0 Å². The van der Waals surface area contributed by atoms with Crippen LogP contribution in [0.1, 0.15) is 18.1 Å². The average molecular weight is 173 g/mol. The fourth-order valence-corrected chi connectivity index (χ4v) is 1.47. The molecule has 0 atom stereocenters. The fourth-order valence-electron chi connectivity index (χ4n) is 1.12. The Balaban J connectivity index is 3.29. The highest BCUT2D eigenvalue weighted by Crippen LogP contribution is 2.23. The number of rotatable bonds is 1. The van der Waals surface area contributed by atoms with Crippen molar-refractivity contribution >= 4 is 11.6 Å². The first-order chi connectivity index (χ1) is 5.16. The van der Waals surface area contributed by atoms with Crippen LogP contribution in [0.4, 0.5) is 4.39 Å². The van der Waals surface area contributed by atoms with Gasteiger partial charge in [0.25, 0.3) is 0 Å². The minimum atomic E-state index is -0.325. The minimum Gasteiger partial charge on any atom is -0.205 e. The van der Waals surface area contributed by atoms with Crippen LogP contribution in [0.2, 0.25) is 5.02 Å². The predicted octanol–water partition coefficient (Wildman–Crippen LogP) is 3.35. The normalized spacial score (nSPS) is 10.2. The Hall–Kier alpha value is -0.560. The Labute approximate surface area is 71.0 Å². The predicted molar refractivity (Wildman–Crippen MR) is 45.5 cm³/mol. The summed E-state index contributed by atoms with van der Waals surface area (Å²) in [5, 5.41) is 0.271. The number of hydrogen-bond donors (Lipinski definition) is 0. The quantitative estimate of drug-likeness (QED) is 0.610. The Morgan fingerprint density at radius 2 is 2.09 bits per heavy atom. The lowest BCUT2D eigenvalue weighted by molar-refractivity contribution is 0.625. The van der Waals surface area contributed by atoms with Crippen LogP contribution in [0.5, 0.6) is 0 Å². The lowest BCUT2D eigenvalue weighted by Gasteiger charge is -2.05. The van der Waals surface area contributed by atoms with E-state index in [1.807, 2.05) is 13.8 Å². The van der Waals surface area contributed by atoms with Crippen LogP contribution < -0.4 is 0 Å². The van der Waals surface area contributed by atoms with E-state index in [1.54, 1.807) is 6.07 Å². The summed E-state index contributed by atoms with van der Waals surface area (Å²) < 4.78 is 12.8. The molecule has 0 nitrogen and oxygen atoms in total. The van der Waals surface area contributed by atoms with E-state index in [0.717, 1.165) is 17.5 Å². The molecule has 11 heavy (non-hydrogen) atoms. The molecule has 0 saturated carbocycles. The maximum atomic E-state index is 12.8. The van der Waals surface area contributed by atoms with Gasteiger partial charge in [0.1, 0.15) is 5.82 Å². The van der Waals surface area contributed by atoms with Crippen molar-refractivity contribution in [3.05, 3.63) is 34.1 Å². The molecule has 0 amide bonds. The van der Waals surface area contributed by atoms with Crippen LogP contribution >= 0.6 is 11.6 Å². The van der Waals surface area contributed by atoms with Gasteiger partial charge < -0.3 is 0 Å². The third-order valence-corrected chi connectivity index (χ3v) is 2.19. The maximum absolute atomic E-state index is 12.8. The first-order valence-corrected chi connectivity index (χ1v) is 3.98. The largest absolute Gasteiger partial charge is 0.205 e. The van der Waals surface area contributed by atoms with E-state index < -0.39 is 0 Å². The van der Waals surface area contributed by atoms with E-state index in [2.05, 4.69) is 0 Å². The molecule has 2 heteroatoms. The van der Waals surface area contributed by atoms with Gasteiger partial charge >= 0.3 is 0 Å². The Kier molecular flexibility index (Phi) is 2.50. The zero-order valence-corrected chi connectivity index (χ0v) is 7.37. The molecule has 0 bridgehead atoms. The molecule has 0 N–H and O–H groups in total. The molecule has 0 heterocycles. The van der Waals surface area contributed by atoms with Crippen molar-refractivity contribution in [2.75, 3.05) is 0 Å². The lowest BCUT2D eigenvalue weighted by atomic mass is 10.1. The second kappa shape index (κ2) is 3.22. The molecular formula is C9H10ClF. The minimum absolute atomic E-state index is 0.271. The summed E-state index contributed by atoms with van der Waals surface area (Å²) >= 11 is 5.72. The van der Waals surface area contributed by atoms with Crippen LogP contribution in [0.15, 0.2) is 12.1 Å². The van der Waals surface area contributed by atoms with Gasteiger partial charge in [0, 0.05) is 0 Å². The molecule has 0 spiro atoms. The second-order valence-electron chi connectivity index (χ2n) is 2.51. The van der Waals surface area contributed by atoms with Gasteiger partial charge in [-0.15, -0.1) is 0 Å². The van der Waals surface area contributed by atoms with Gasteiger partial charge in [0.05, 0.1) is 5.02 Å². The summed E-state index contributed by atoms with van der Waals surface area (Å²) in [6.07, 6.45) is 0.780. The highest BCUT2D eigenvalue weighted by Gasteiger charge is 2.06. The fraction of sp³-hybridized carbons (Fsp3) is 0.333. The number of hydrogen-bond acceptors (Lipinski definition) is 0. The van der Waals surface area contributed by atoms with Crippen molar-refractivity contribution in [3.8, 4) is 0 Å². The van der Waals surface area contributed by atoms with Crippen molar-refractivity contribution in [3.63, 3.8) is 0 Å². The number of aryl methyl sites for hydroxylation is 1. The molecule has 1 rings (SSSR count). The molecule has 0 aliphatic heterocycles. The highest BCUT2D eigenvalue weighted by molar-refractivity contribution is 6.31. The van der Waals surface area contributed by atoms with Gasteiger partial charge in [-0.05, 0) is 30.5 Å². The van der Waals surface area contributed by atoms with E-state index >= 15 is 0 Å². The summed E-state index contributed by atoms with van der Waals surface area (Å²) in [5.41, 5.74) is 1.96. The van der Waals surface area contributed by atoms with Crippen molar-refractivity contribution in [2.24, 2.45) is 0 Å². The van der Waals surface area contributed by atoms with Crippen molar-refractivity contribution in [2.45, 2.75) is 20.3 Å². The molecule has 0 saturated heterocycles. The summed E-state index contributed by atoms with van der Waals surface area (Å²) in [4.78, 5) is 0. The first kappa shape index (κ1) is 8.54. The van der Waals surface area contributed by atoms with Crippen LogP contribution in [0.3, 0.4) is 0 Å². The third-order valence-electron chi connectivity index (χ3n) is 1.78. The molecule has 0 fully saturated rings. The molecule has 0 aliphatic rings. The molecule has 1 aromatic rings. The van der Waals surface area contributed by atoms with Gasteiger partial charge in [0.2, 0.25) is 0 Å². The number of benzene rings is 1. The van der Waals surface area contributed by atoms with Crippen molar-refractivity contribution < 1.29 is 4.39 Å². The summed E-state index contributed by atoms with van der Waals surface area (Å²) in [6, 6.07) is 3.15. The molecule has 0 aromatic heterocycles. The average Bonchev–Trinajstić information content (AvgIpc) is 1.99. The van der Waals surface area contributed by atoms with Crippen molar-refractivity contribution in [1.29, 1.82) is 0 Å². The van der Waals surface area contributed by atoms with Crippen molar-refractivity contribution in [1.82, 2.24) is 0 Å². The topological polar surface area (TPSA) is 0 Å². The molecule has 0 radical (unpaired) electrons. The van der Waals surface area contributed by atoms with Crippen LogP contribution in [0.25, 0.3) is 0 Å². The second-order valence-corrected chi connectivity index (χ2v) is 2.89. The van der Waals surface area contributed by atoms with Crippen LogP contribution in [0, 0.1) is 12.7 Å². The zero-order chi connectivity index (χ0) is 8.43. The molecule has 0 aliphatic carbocycles. The lowest BCUT2D eigenvalue weighted by Crippen LogP contribution is -1.90. The maximum Gasteiger partial charge on any atom is 0.142 e. The zero-order valence-electron chi connectivity index (χ0n) is 6.62. The Morgan fingerprint density at radius 3 is 2.55 bits per heavy atom. The summed E-state index contributed by atoms with van der Waals surface area (Å²) in [7, 11) is 0. The van der Waals surface area contributed by atoms with E-state index in [9.17, 15) is 4.39 Å². The van der Waals surface area contributed by atoms with Crippen LogP contribution in [-0.2, 0) is 6.42 Å². The first-order valence-electron chi connectivity index (χ1n) is 3.60. The molecule has 1 aromatic carbocycles. The van der Waals surface area contributed by atoms with Gasteiger partial charge in [0.15, 0.2) is 0 Å². The summed E-state index contributed by atoms with van der Waals surface area (Å²) in [5.74, 6) is -0.325. The molecular weight excluding hydrogens is 163 g/mol.